The van der Waals surface area contributed by atoms with E-state index in [0.717, 1.165) is 38.2 Å². The lowest BCUT2D eigenvalue weighted by Gasteiger charge is -2.24. The molecule has 1 rings (SSSR count). The third kappa shape index (κ3) is 5.19. The molecule has 0 spiro atoms. The number of nitrogens with zero attached hydrogens (tertiary/aromatic N) is 1. The maximum absolute atomic E-state index is 13.7. The normalized spacial score (nSPS) is 12.9. The minimum atomic E-state index is -0.130. The molecule has 0 aliphatic heterocycles. The molecular weight excluding hydrogens is 255 g/mol. The van der Waals surface area contributed by atoms with E-state index in [1.165, 1.54) is 0 Å². The first-order chi connectivity index (χ1) is 9.62. The number of likely N-dealkylation sites (N-methyl/N-ethyl adjacent to an activating group) is 1. The summed E-state index contributed by atoms with van der Waals surface area (Å²) in [6.07, 6.45) is 0.955. The van der Waals surface area contributed by atoms with Gasteiger partial charge >= 0.3 is 0 Å². The highest BCUT2D eigenvalue weighted by Gasteiger charge is 2.12. The second-order valence-electron chi connectivity index (χ2n) is 5.07. The molecular formula is C16H27FN2O. The largest absolute Gasteiger partial charge is 0.383 e. The quantitative estimate of drug-likeness (QED) is 0.754. The Kier molecular flexibility index (Phi) is 7.73. The average molecular weight is 282 g/mol. The van der Waals surface area contributed by atoms with Gasteiger partial charge in [-0.05, 0) is 44.1 Å². The zero-order chi connectivity index (χ0) is 15.0. The Morgan fingerprint density at radius 3 is 2.65 bits per heavy atom. The molecule has 0 heterocycles. The van der Waals surface area contributed by atoms with Crippen molar-refractivity contribution < 1.29 is 9.13 Å². The molecule has 1 atom stereocenters. The molecule has 1 aromatic rings. The van der Waals surface area contributed by atoms with Gasteiger partial charge in [0.2, 0.25) is 0 Å². The van der Waals surface area contributed by atoms with Crippen LogP contribution in [0.25, 0.3) is 0 Å². The predicted octanol–water partition coefficient (Wildman–Crippen LogP) is 2.75. The van der Waals surface area contributed by atoms with Crippen LogP contribution < -0.4 is 5.32 Å². The Bertz CT molecular complexity index is 398. The van der Waals surface area contributed by atoms with E-state index >= 15 is 0 Å². The third-order valence-electron chi connectivity index (χ3n) is 3.74. The molecule has 0 aliphatic carbocycles. The lowest BCUT2D eigenvalue weighted by Crippen LogP contribution is -2.31. The highest BCUT2D eigenvalue weighted by atomic mass is 19.1. The molecule has 0 saturated carbocycles. The molecule has 20 heavy (non-hydrogen) atoms. The van der Waals surface area contributed by atoms with E-state index < -0.39 is 0 Å². The number of aryl methyl sites for hydroxylation is 1. The van der Waals surface area contributed by atoms with Crippen LogP contribution in [0.5, 0.6) is 0 Å². The molecule has 0 saturated heterocycles. The number of benzene rings is 1. The topological polar surface area (TPSA) is 24.5 Å². The van der Waals surface area contributed by atoms with E-state index in [9.17, 15) is 4.39 Å². The number of ether oxygens (including phenoxy) is 1. The van der Waals surface area contributed by atoms with Crippen molar-refractivity contribution in [3.63, 3.8) is 0 Å². The van der Waals surface area contributed by atoms with Crippen molar-refractivity contribution in [1.29, 1.82) is 0 Å². The van der Waals surface area contributed by atoms with Gasteiger partial charge in [0, 0.05) is 26.2 Å². The van der Waals surface area contributed by atoms with E-state index in [2.05, 4.69) is 17.1 Å². The summed E-state index contributed by atoms with van der Waals surface area (Å²) in [5.74, 6) is -0.130. The molecule has 3 nitrogen and oxygen atoms in total. The van der Waals surface area contributed by atoms with E-state index in [4.69, 9.17) is 4.74 Å². The molecule has 114 valence electrons. The zero-order valence-corrected chi connectivity index (χ0v) is 13.1. The highest BCUT2D eigenvalue weighted by Crippen LogP contribution is 2.19. The molecule has 0 amide bonds. The van der Waals surface area contributed by atoms with Gasteiger partial charge in [0.25, 0.3) is 0 Å². The van der Waals surface area contributed by atoms with Crippen molar-refractivity contribution in [1.82, 2.24) is 10.2 Å². The number of hydrogen-bond donors (Lipinski definition) is 1. The first-order valence-electron chi connectivity index (χ1n) is 7.27. The zero-order valence-electron chi connectivity index (χ0n) is 13.1. The summed E-state index contributed by atoms with van der Waals surface area (Å²) in [7, 11) is 3.65. The van der Waals surface area contributed by atoms with Crippen molar-refractivity contribution in [2.75, 3.05) is 40.4 Å². The van der Waals surface area contributed by atoms with Crippen LogP contribution in [0, 0.1) is 12.7 Å². The lowest BCUT2D eigenvalue weighted by atomic mass is 10.0. The number of rotatable bonds is 9. The van der Waals surface area contributed by atoms with Crippen LogP contribution in [-0.4, -0.2) is 45.3 Å². The summed E-state index contributed by atoms with van der Waals surface area (Å²) in [5.41, 5.74) is 1.71. The molecule has 4 heteroatoms. The van der Waals surface area contributed by atoms with E-state index in [1.807, 2.05) is 19.2 Å². The summed E-state index contributed by atoms with van der Waals surface area (Å²) in [5, 5.41) is 3.28. The Morgan fingerprint density at radius 1 is 1.35 bits per heavy atom. The molecule has 0 fully saturated rings. The predicted molar refractivity (Wildman–Crippen MR) is 81.5 cm³/mol. The maximum atomic E-state index is 13.7. The van der Waals surface area contributed by atoms with Crippen molar-refractivity contribution in [3.05, 3.63) is 35.1 Å². The molecule has 0 radical (unpaired) electrons. The minimum Gasteiger partial charge on any atom is -0.383 e. The van der Waals surface area contributed by atoms with Gasteiger partial charge in [-0.25, -0.2) is 4.39 Å². The summed E-state index contributed by atoms with van der Waals surface area (Å²) in [6.45, 7) is 7.60. The number of nitrogens with one attached hydrogen (secondary N) is 1. The molecule has 1 aromatic carbocycles. The van der Waals surface area contributed by atoms with Gasteiger partial charge in [-0.1, -0.05) is 19.1 Å². The van der Waals surface area contributed by atoms with E-state index in [-0.39, 0.29) is 11.9 Å². The van der Waals surface area contributed by atoms with Crippen molar-refractivity contribution >= 4 is 0 Å². The van der Waals surface area contributed by atoms with Crippen molar-refractivity contribution in [2.45, 2.75) is 26.3 Å². The molecule has 0 bridgehead atoms. The number of hydrogen-bond acceptors (Lipinski definition) is 3. The summed E-state index contributed by atoms with van der Waals surface area (Å²) >= 11 is 0. The second-order valence-corrected chi connectivity index (χ2v) is 5.07. The average Bonchev–Trinajstić information content (AvgIpc) is 2.46. The third-order valence-corrected chi connectivity index (χ3v) is 3.74. The molecule has 1 N–H and O–H groups in total. The molecule has 1 unspecified atom stereocenters. The highest BCUT2D eigenvalue weighted by molar-refractivity contribution is 5.25. The van der Waals surface area contributed by atoms with Crippen LogP contribution in [-0.2, 0) is 4.74 Å². The van der Waals surface area contributed by atoms with Gasteiger partial charge in [-0.15, -0.1) is 0 Å². The van der Waals surface area contributed by atoms with Crippen LogP contribution in [0.15, 0.2) is 18.2 Å². The maximum Gasteiger partial charge on any atom is 0.126 e. The van der Waals surface area contributed by atoms with Crippen LogP contribution in [0.4, 0.5) is 4.39 Å². The Balaban J connectivity index is 2.59. The van der Waals surface area contributed by atoms with Gasteiger partial charge in [-0.3, -0.25) is 0 Å². The fourth-order valence-corrected chi connectivity index (χ4v) is 2.26. The Labute approximate surface area is 122 Å². The second kappa shape index (κ2) is 9.06. The van der Waals surface area contributed by atoms with Crippen LogP contribution in [0.1, 0.15) is 30.5 Å². The first kappa shape index (κ1) is 17.1. The van der Waals surface area contributed by atoms with Crippen LogP contribution >= 0.6 is 0 Å². The monoisotopic (exact) mass is 282 g/mol. The summed E-state index contributed by atoms with van der Waals surface area (Å²) in [4.78, 5) is 2.35. The molecule has 0 aromatic heterocycles. The lowest BCUT2D eigenvalue weighted by molar-refractivity contribution is 0.148. The van der Waals surface area contributed by atoms with Crippen LogP contribution in [0.3, 0.4) is 0 Å². The van der Waals surface area contributed by atoms with Gasteiger partial charge in [-0.2, -0.15) is 0 Å². The summed E-state index contributed by atoms with van der Waals surface area (Å²) in [6, 6.07) is 5.67. The number of methoxy groups -OCH3 is 1. The smallest absolute Gasteiger partial charge is 0.126 e. The fraction of sp³-hybridized carbons (Fsp3) is 0.625. The van der Waals surface area contributed by atoms with E-state index in [1.54, 1.807) is 20.1 Å². The van der Waals surface area contributed by atoms with Crippen molar-refractivity contribution in [2.24, 2.45) is 0 Å². The van der Waals surface area contributed by atoms with Crippen molar-refractivity contribution in [3.8, 4) is 0 Å². The van der Waals surface area contributed by atoms with Gasteiger partial charge < -0.3 is 15.0 Å². The molecule has 0 aliphatic rings. The van der Waals surface area contributed by atoms with Gasteiger partial charge in [0.15, 0.2) is 0 Å². The summed E-state index contributed by atoms with van der Waals surface area (Å²) < 4.78 is 18.8. The first-order valence-corrected chi connectivity index (χ1v) is 7.27. The minimum absolute atomic E-state index is 0.130. The Morgan fingerprint density at radius 2 is 2.10 bits per heavy atom. The Hall–Kier alpha value is -0.970. The SMILES string of the molecule is CCN(CCOC)CCC(NC)c1ccc(C)c(F)c1. The standard InChI is InChI=1S/C16H27FN2O/c1-5-19(10-11-20-4)9-8-16(18-3)14-7-6-13(2)15(17)12-14/h6-7,12,16,18H,5,8-11H2,1-4H3. The number of halogens is 1. The van der Waals surface area contributed by atoms with Gasteiger partial charge in [0.05, 0.1) is 6.61 Å². The van der Waals surface area contributed by atoms with Gasteiger partial charge in [0.1, 0.15) is 5.82 Å². The van der Waals surface area contributed by atoms with E-state index in [0.29, 0.717) is 5.56 Å². The fourth-order valence-electron chi connectivity index (χ4n) is 2.26. The van der Waals surface area contributed by atoms with Crippen LogP contribution in [0.2, 0.25) is 0 Å².